The van der Waals surface area contributed by atoms with E-state index in [1.165, 1.54) is 0 Å². The van der Waals surface area contributed by atoms with E-state index in [0.29, 0.717) is 10.6 Å². The van der Waals surface area contributed by atoms with Crippen LogP contribution in [0.2, 0.25) is 5.02 Å². The van der Waals surface area contributed by atoms with E-state index in [4.69, 9.17) is 16.7 Å². The molecule has 0 fully saturated rings. The summed E-state index contributed by atoms with van der Waals surface area (Å²) in [6.07, 6.45) is 0. The second kappa shape index (κ2) is 3.15. The number of halogens is 1. The number of carboxylic acid groups (broad SMARTS) is 1. The molecule has 1 aromatic carbocycles. The first-order valence-corrected chi connectivity index (χ1v) is 3.91. The third-order valence-corrected chi connectivity index (χ3v) is 2.24. The van der Waals surface area contributed by atoms with Gasteiger partial charge in [0, 0.05) is 0 Å². The predicted molar refractivity (Wildman–Crippen MR) is 47.9 cm³/mol. The molecule has 0 atom stereocenters. The summed E-state index contributed by atoms with van der Waals surface area (Å²) in [4.78, 5) is 10.7. The molecule has 0 amide bonds. The second-order valence-electron chi connectivity index (χ2n) is 2.69. The molecule has 1 rings (SSSR count). The van der Waals surface area contributed by atoms with Crippen LogP contribution in [0.4, 0.5) is 0 Å². The van der Waals surface area contributed by atoms with Gasteiger partial charge in [-0.25, -0.2) is 4.79 Å². The molecule has 64 valence electrons. The van der Waals surface area contributed by atoms with Gasteiger partial charge in [-0.3, -0.25) is 0 Å². The summed E-state index contributed by atoms with van der Waals surface area (Å²) in [7, 11) is 0. The first-order chi connectivity index (χ1) is 5.54. The summed E-state index contributed by atoms with van der Waals surface area (Å²) < 4.78 is 0. The van der Waals surface area contributed by atoms with Crippen LogP contribution in [0.15, 0.2) is 12.1 Å². The van der Waals surface area contributed by atoms with E-state index < -0.39 is 5.97 Å². The Bertz CT molecular complexity index is 332. The van der Waals surface area contributed by atoms with E-state index in [-0.39, 0.29) is 5.56 Å². The van der Waals surface area contributed by atoms with E-state index in [9.17, 15) is 4.79 Å². The minimum atomic E-state index is -0.971. The summed E-state index contributed by atoms with van der Waals surface area (Å²) >= 11 is 5.81. The van der Waals surface area contributed by atoms with Crippen LogP contribution in [0.3, 0.4) is 0 Å². The third-order valence-electron chi connectivity index (χ3n) is 1.76. The SMILES string of the molecule is Cc1ccc(C)c(C(=O)O)c1Cl. The molecule has 0 heterocycles. The molecule has 1 N–H and O–H groups in total. The van der Waals surface area contributed by atoms with Gasteiger partial charge in [0.05, 0.1) is 10.6 Å². The monoisotopic (exact) mass is 184 g/mol. The minimum absolute atomic E-state index is 0.205. The maximum atomic E-state index is 10.7. The quantitative estimate of drug-likeness (QED) is 0.729. The Morgan fingerprint density at radius 2 is 1.83 bits per heavy atom. The minimum Gasteiger partial charge on any atom is -0.478 e. The lowest BCUT2D eigenvalue weighted by Crippen LogP contribution is -2.01. The first kappa shape index (κ1) is 9.07. The molecule has 0 aliphatic heterocycles. The zero-order valence-corrected chi connectivity index (χ0v) is 7.64. The van der Waals surface area contributed by atoms with Crippen molar-refractivity contribution in [2.75, 3.05) is 0 Å². The summed E-state index contributed by atoms with van der Waals surface area (Å²) in [5, 5.41) is 9.12. The molecule has 0 aromatic heterocycles. The van der Waals surface area contributed by atoms with Crippen LogP contribution in [0, 0.1) is 13.8 Å². The molecule has 0 saturated carbocycles. The molecule has 0 radical (unpaired) electrons. The lowest BCUT2D eigenvalue weighted by molar-refractivity contribution is 0.0696. The topological polar surface area (TPSA) is 37.3 Å². The Kier molecular flexibility index (Phi) is 2.38. The lowest BCUT2D eigenvalue weighted by Gasteiger charge is -2.05. The number of aryl methyl sites for hydroxylation is 2. The number of benzene rings is 1. The highest BCUT2D eigenvalue weighted by atomic mass is 35.5. The molecule has 12 heavy (non-hydrogen) atoms. The highest BCUT2D eigenvalue weighted by Gasteiger charge is 2.12. The van der Waals surface area contributed by atoms with Crippen molar-refractivity contribution in [2.24, 2.45) is 0 Å². The second-order valence-corrected chi connectivity index (χ2v) is 3.07. The van der Waals surface area contributed by atoms with E-state index >= 15 is 0 Å². The van der Waals surface area contributed by atoms with Gasteiger partial charge in [0.15, 0.2) is 0 Å². The van der Waals surface area contributed by atoms with E-state index in [0.717, 1.165) is 5.56 Å². The molecule has 2 nitrogen and oxygen atoms in total. The van der Waals surface area contributed by atoms with Gasteiger partial charge in [-0.15, -0.1) is 0 Å². The van der Waals surface area contributed by atoms with Crippen molar-refractivity contribution in [1.29, 1.82) is 0 Å². The van der Waals surface area contributed by atoms with Crippen LogP contribution in [0.5, 0.6) is 0 Å². The molecular weight excluding hydrogens is 176 g/mol. The van der Waals surface area contributed by atoms with E-state index in [1.54, 1.807) is 19.9 Å². The third kappa shape index (κ3) is 1.43. The lowest BCUT2D eigenvalue weighted by atomic mass is 10.1. The molecule has 1 aromatic rings. The van der Waals surface area contributed by atoms with Gasteiger partial charge < -0.3 is 5.11 Å². The van der Waals surface area contributed by atoms with Crippen molar-refractivity contribution >= 4 is 17.6 Å². The number of rotatable bonds is 1. The van der Waals surface area contributed by atoms with Gasteiger partial charge >= 0.3 is 5.97 Å². The maximum absolute atomic E-state index is 10.7. The highest BCUT2D eigenvalue weighted by molar-refractivity contribution is 6.34. The predicted octanol–water partition coefficient (Wildman–Crippen LogP) is 2.66. The summed E-state index contributed by atoms with van der Waals surface area (Å²) in [6, 6.07) is 3.56. The van der Waals surface area contributed by atoms with Crippen molar-refractivity contribution in [2.45, 2.75) is 13.8 Å². The number of aromatic carboxylic acids is 1. The fourth-order valence-corrected chi connectivity index (χ4v) is 1.33. The van der Waals surface area contributed by atoms with Crippen molar-refractivity contribution in [3.05, 3.63) is 33.8 Å². The molecule has 0 aliphatic carbocycles. The molecule has 0 bridgehead atoms. The van der Waals surface area contributed by atoms with Gasteiger partial charge in [-0.1, -0.05) is 23.7 Å². The first-order valence-electron chi connectivity index (χ1n) is 3.53. The number of hydrogen-bond acceptors (Lipinski definition) is 1. The van der Waals surface area contributed by atoms with Crippen LogP contribution in [-0.2, 0) is 0 Å². The molecule has 0 saturated heterocycles. The summed E-state index contributed by atoms with van der Waals surface area (Å²) in [5.41, 5.74) is 1.69. The summed E-state index contributed by atoms with van der Waals surface area (Å²) in [5.74, 6) is -0.971. The van der Waals surface area contributed by atoms with Gasteiger partial charge in [0.1, 0.15) is 0 Å². The Hall–Kier alpha value is -1.02. The van der Waals surface area contributed by atoms with Gasteiger partial charge in [-0.05, 0) is 25.0 Å². The van der Waals surface area contributed by atoms with Crippen molar-refractivity contribution in [3.8, 4) is 0 Å². The van der Waals surface area contributed by atoms with Crippen molar-refractivity contribution < 1.29 is 9.90 Å². The average molecular weight is 185 g/mol. The Morgan fingerprint density at radius 1 is 1.33 bits per heavy atom. The van der Waals surface area contributed by atoms with E-state index in [1.807, 2.05) is 6.07 Å². The van der Waals surface area contributed by atoms with Crippen molar-refractivity contribution in [3.63, 3.8) is 0 Å². The standard InChI is InChI=1S/C9H9ClO2/c1-5-3-4-6(2)8(10)7(5)9(11)12/h3-4H,1-2H3,(H,11,12). The molecule has 0 spiro atoms. The smallest absolute Gasteiger partial charge is 0.337 e. The highest BCUT2D eigenvalue weighted by Crippen LogP contribution is 2.23. The number of carbonyl (C=O) groups is 1. The number of hydrogen-bond donors (Lipinski definition) is 1. The normalized spacial score (nSPS) is 9.92. The van der Waals surface area contributed by atoms with Crippen LogP contribution in [-0.4, -0.2) is 11.1 Å². The van der Waals surface area contributed by atoms with Gasteiger partial charge in [-0.2, -0.15) is 0 Å². The van der Waals surface area contributed by atoms with Crippen LogP contribution >= 0.6 is 11.6 Å². The average Bonchev–Trinajstić information content (AvgIpc) is 1.97. The Labute approximate surface area is 75.8 Å². The van der Waals surface area contributed by atoms with Gasteiger partial charge in [0.2, 0.25) is 0 Å². The molecule has 0 unspecified atom stereocenters. The Morgan fingerprint density at radius 3 is 2.25 bits per heavy atom. The van der Waals surface area contributed by atoms with Crippen LogP contribution in [0.25, 0.3) is 0 Å². The number of carboxylic acids is 1. The summed E-state index contributed by atoms with van der Waals surface area (Å²) in [6.45, 7) is 3.52. The van der Waals surface area contributed by atoms with E-state index in [2.05, 4.69) is 0 Å². The fourth-order valence-electron chi connectivity index (χ4n) is 1.04. The van der Waals surface area contributed by atoms with Gasteiger partial charge in [0.25, 0.3) is 0 Å². The molecule has 0 aliphatic rings. The fraction of sp³-hybridized carbons (Fsp3) is 0.222. The zero-order valence-electron chi connectivity index (χ0n) is 6.89. The Balaban J connectivity index is 3.43. The maximum Gasteiger partial charge on any atom is 0.337 e. The molecular formula is C9H9ClO2. The van der Waals surface area contributed by atoms with Crippen LogP contribution in [0.1, 0.15) is 21.5 Å². The zero-order chi connectivity index (χ0) is 9.30. The molecule has 3 heteroatoms. The van der Waals surface area contributed by atoms with Crippen LogP contribution < -0.4 is 0 Å². The van der Waals surface area contributed by atoms with Crippen molar-refractivity contribution in [1.82, 2.24) is 0 Å². The largest absolute Gasteiger partial charge is 0.478 e.